The number of aliphatic hydroxyl groups is 12. The number of hydrogen-bond donors (Lipinski definition) is 16. The molecule has 3 heterocycles. The predicted molar refractivity (Wildman–Crippen MR) is 257 cm³/mol. The quantitative estimate of drug-likeness (QED) is 0.0371. The van der Waals surface area contributed by atoms with E-state index >= 15 is 0 Å². The summed E-state index contributed by atoms with van der Waals surface area (Å²) in [6.45, 7) is -3.46. The second kappa shape index (κ2) is 28.9. The lowest BCUT2D eigenvalue weighted by molar-refractivity contribution is -0.300. The van der Waals surface area contributed by atoms with Gasteiger partial charge in [-0.3, -0.25) is 14.4 Å². The van der Waals surface area contributed by atoms with Gasteiger partial charge in [-0.15, -0.1) is 0 Å². The van der Waals surface area contributed by atoms with Crippen molar-refractivity contribution in [2.24, 2.45) is 0 Å². The highest BCUT2D eigenvalue weighted by Gasteiger charge is 2.46. The Morgan fingerprint density at radius 2 is 0.803 bits per heavy atom. The number of benzene rings is 2. The fourth-order valence-electron chi connectivity index (χ4n) is 9.45. The molecule has 3 aliphatic heterocycles. The lowest BCUT2D eigenvalue weighted by Crippen LogP contribution is -2.59. The van der Waals surface area contributed by atoms with Crippen LogP contribution < -0.4 is 21.3 Å². The van der Waals surface area contributed by atoms with E-state index in [-0.39, 0.29) is 90.5 Å². The van der Waals surface area contributed by atoms with Crippen LogP contribution in [-0.2, 0) is 47.5 Å². The van der Waals surface area contributed by atoms with Gasteiger partial charge in [0.25, 0.3) is 0 Å². The molecular formula is C49H72N4O23. The van der Waals surface area contributed by atoms with Crippen LogP contribution in [0, 0.1) is 0 Å². The Morgan fingerprint density at radius 3 is 1.13 bits per heavy atom. The third kappa shape index (κ3) is 15.6. The monoisotopic (exact) mass is 1080 g/mol. The maximum atomic E-state index is 14.1. The summed E-state index contributed by atoms with van der Waals surface area (Å²) >= 11 is 0. The lowest BCUT2D eigenvalue weighted by atomic mass is 9.83. The SMILES string of the molecule is O=C(CCC(CCC(=O)NCCO[C@H]1O[C@H](CO)[C@@H](O)[C@H](O)[C@@H]1O)(CCC(=O)NCCO[C@H]1O[C@H](CO)[C@@H](O)[C@H](O)[C@@H]1O)NC(=O)OCC1c2ccccc2-c2ccccc21)NCCO[C@H]1O[C@H](CO)[C@@H](O)[C@H](O)[C@@H]1O. The zero-order valence-corrected chi connectivity index (χ0v) is 41.5. The largest absolute Gasteiger partial charge is 0.449 e. The van der Waals surface area contributed by atoms with Crippen molar-refractivity contribution in [2.75, 3.05) is 65.9 Å². The zero-order chi connectivity index (χ0) is 55.1. The van der Waals surface area contributed by atoms with E-state index in [0.29, 0.717) is 0 Å². The molecule has 1 aliphatic carbocycles. The Labute approximate surface area is 436 Å². The Kier molecular flexibility index (Phi) is 23.0. The molecule has 6 rings (SSSR count). The lowest BCUT2D eigenvalue weighted by Gasteiger charge is -2.39. The number of carbonyl (C=O) groups is 4. The van der Waals surface area contributed by atoms with Gasteiger partial charge in [-0.25, -0.2) is 4.79 Å². The van der Waals surface area contributed by atoms with Gasteiger partial charge in [-0.1, -0.05) is 48.5 Å². The molecule has 2 aromatic carbocycles. The second-order valence-electron chi connectivity index (χ2n) is 19.0. The van der Waals surface area contributed by atoms with Crippen LogP contribution in [0.3, 0.4) is 0 Å². The summed E-state index contributed by atoms with van der Waals surface area (Å²) in [5, 5.41) is 131. The first-order chi connectivity index (χ1) is 36.4. The molecule has 15 atom stereocenters. The van der Waals surface area contributed by atoms with Crippen molar-refractivity contribution in [1.82, 2.24) is 21.3 Å². The number of hydrogen-bond acceptors (Lipinski definition) is 23. The van der Waals surface area contributed by atoms with Crippen molar-refractivity contribution >= 4 is 23.8 Å². The molecule has 0 saturated carbocycles. The summed E-state index contributed by atoms with van der Waals surface area (Å²) in [6.07, 6.45) is -25.5. The molecule has 4 amide bonds. The van der Waals surface area contributed by atoms with E-state index in [2.05, 4.69) is 21.3 Å². The van der Waals surface area contributed by atoms with Gasteiger partial charge in [0.1, 0.15) is 79.9 Å². The Bertz CT molecular complexity index is 1980. The van der Waals surface area contributed by atoms with Crippen LogP contribution >= 0.6 is 0 Å². The molecule has 0 aromatic heterocycles. The second-order valence-corrected chi connectivity index (χ2v) is 19.0. The first-order valence-corrected chi connectivity index (χ1v) is 25.1. The molecule has 27 nitrogen and oxygen atoms in total. The number of ether oxygens (including phenoxy) is 7. The van der Waals surface area contributed by atoms with Gasteiger partial charge in [0, 0.05) is 50.4 Å². The highest BCUT2D eigenvalue weighted by molar-refractivity contribution is 5.80. The number of rotatable bonds is 27. The van der Waals surface area contributed by atoms with Crippen LogP contribution in [0.4, 0.5) is 4.79 Å². The van der Waals surface area contributed by atoms with E-state index in [1.54, 1.807) is 0 Å². The van der Waals surface area contributed by atoms with Crippen LogP contribution in [-0.4, -0.2) is 249 Å². The van der Waals surface area contributed by atoms with E-state index in [4.69, 9.17) is 33.2 Å². The maximum absolute atomic E-state index is 14.1. The minimum absolute atomic E-state index is 0.116. The third-order valence-electron chi connectivity index (χ3n) is 13.9. The molecule has 3 saturated heterocycles. The van der Waals surface area contributed by atoms with Crippen LogP contribution in [0.1, 0.15) is 55.6 Å². The number of carbonyl (C=O) groups excluding carboxylic acids is 4. The molecule has 0 radical (unpaired) electrons. The highest BCUT2D eigenvalue weighted by Crippen LogP contribution is 2.44. The van der Waals surface area contributed by atoms with Crippen LogP contribution in [0.2, 0.25) is 0 Å². The number of amides is 4. The van der Waals surface area contributed by atoms with E-state index in [1.165, 1.54) is 0 Å². The zero-order valence-electron chi connectivity index (χ0n) is 41.5. The van der Waals surface area contributed by atoms with Gasteiger partial charge >= 0.3 is 6.09 Å². The van der Waals surface area contributed by atoms with Gasteiger partial charge in [0.05, 0.1) is 39.6 Å². The van der Waals surface area contributed by atoms with E-state index in [9.17, 15) is 80.5 Å². The van der Waals surface area contributed by atoms with Crippen molar-refractivity contribution in [3.8, 4) is 11.1 Å². The minimum Gasteiger partial charge on any atom is -0.449 e. The molecule has 0 spiro atoms. The van der Waals surface area contributed by atoms with Gasteiger partial charge in [0.2, 0.25) is 17.7 Å². The van der Waals surface area contributed by atoms with Crippen molar-refractivity contribution in [3.05, 3.63) is 59.7 Å². The topological polar surface area (TPSA) is 424 Å². The third-order valence-corrected chi connectivity index (χ3v) is 13.9. The summed E-state index contributed by atoms with van der Waals surface area (Å²) < 4.78 is 38.4. The molecule has 27 heteroatoms. The molecule has 76 heavy (non-hydrogen) atoms. The average molecular weight is 1090 g/mol. The molecule has 3 fully saturated rings. The smallest absolute Gasteiger partial charge is 0.407 e. The van der Waals surface area contributed by atoms with Gasteiger partial charge in [-0.2, -0.15) is 0 Å². The normalized spacial score (nSPS) is 30.4. The van der Waals surface area contributed by atoms with E-state index in [1.807, 2.05) is 48.5 Å². The molecule has 4 aliphatic rings. The van der Waals surface area contributed by atoms with Gasteiger partial charge < -0.3 is 116 Å². The molecule has 426 valence electrons. The fraction of sp³-hybridized carbons (Fsp3) is 0.673. The Hall–Kier alpha value is -4.60. The van der Waals surface area contributed by atoms with Crippen molar-refractivity contribution in [3.63, 3.8) is 0 Å². The van der Waals surface area contributed by atoms with Gasteiger partial charge in [0.15, 0.2) is 18.9 Å². The number of aliphatic hydroxyl groups excluding tert-OH is 12. The number of alkyl carbamates (subject to hydrolysis) is 1. The Morgan fingerprint density at radius 1 is 0.474 bits per heavy atom. The summed E-state index contributed by atoms with van der Waals surface area (Å²) in [4.78, 5) is 54.5. The summed E-state index contributed by atoms with van der Waals surface area (Å²) in [6, 6.07) is 15.3. The van der Waals surface area contributed by atoms with Crippen LogP contribution in [0.15, 0.2) is 48.5 Å². The van der Waals surface area contributed by atoms with Crippen LogP contribution in [0.25, 0.3) is 11.1 Å². The standard InChI is InChI=1S/C49H72N4O23/c54-21-30-36(60)39(63)42(66)45(74-30)70-18-15-50-33(57)9-12-49(13-10-34(58)51-16-19-71-46-43(67)40(64)37(61)31(22-55)75-46,14-11-35(59)52-17-20-72-47-44(68)41(65)38(62)32(23-56)76-47)53-48(69)73-24-29-27-7-3-1-5-25(27)26-6-2-4-8-28(26)29/h1-8,29-32,36-47,54-56,60-68H,9-24H2,(H,50,57)(H,51,58)(H,52,59)(H,53,69)/t30-,31-,32-,36-,37-,38-,39+,40+,41+,42+,43+,44+,45+,46+,47+/m1/s1. The fourth-order valence-corrected chi connectivity index (χ4v) is 9.45. The van der Waals surface area contributed by atoms with E-state index in [0.717, 1.165) is 22.3 Å². The predicted octanol–water partition coefficient (Wildman–Crippen LogP) is -5.60. The maximum Gasteiger partial charge on any atom is 0.407 e. The summed E-state index contributed by atoms with van der Waals surface area (Å²) in [5.41, 5.74) is 2.27. The summed E-state index contributed by atoms with van der Waals surface area (Å²) in [5.74, 6) is -2.10. The van der Waals surface area contributed by atoms with Crippen molar-refractivity contribution in [1.29, 1.82) is 0 Å². The number of nitrogens with one attached hydrogen (secondary N) is 4. The first-order valence-electron chi connectivity index (χ1n) is 25.1. The molecule has 2 aromatic rings. The van der Waals surface area contributed by atoms with Gasteiger partial charge in [-0.05, 0) is 41.5 Å². The molecular weight excluding hydrogens is 1010 g/mol. The van der Waals surface area contributed by atoms with E-state index < -0.39 is 141 Å². The van der Waals surface area contributed by atoms with Crippen molar-refractivity contribution in [2.45, 2.75) is 142 Å². The summed E-state index contributed by atoms with van der Waals surface area (Å²) in [7, 11) is 0. The molecule has 16 N–H and O–H groups in total. The molecule has 0 unspecified atom stereocenters. The van der Waals surface area contributed by atoms with Crippen LogP contribution in [0.5, 0.6) is 0 Å². The number of fused-ring (bicyclic) bond motifs is 3. The highest BCUT2D eigenvalue weighted by atomic mass is 16.7. The minimum atomic E-state index is -1.69. The molecule has 0 bridgehead atoms. The first kappa shape index (κ1) is 60.6. The van der Waals surface area contributed by atoms with Crippen molar-refractivity contribution < 1.29 is 114 Å². The average Bonchev–Trinajstić information content (AvgIpc) is 3.76. The Balaban J connectivity index is 1.13.